The second-order valence-corrected chi connectivity index (χ2v) is 27.6. The van der Waals surface area contributed by atoms with Gasteiger partial charge in [0.1, 0.15) is 23.9 Å². The number of alkyl halides is 12. The Hall–Kier alpha value is -9.28. The van der Waals surface area contributed by atoms with E-state index >= 15 is 9.59 Å². The van der Waals surface area contributed by atoms with Gasteiger partial charge in [0.2, 0.25) is 11.8 Å². The molecule has 2 aliphatic heterocycles. The Balaban J connectivity index is 0.754. The molecule has 0 unspecified atom stereocenters. The zero-order chi connectivity index (χ0) is 73.6. The summed E-state index contributed by atoms with van der Waals surface area (Å²) >= 11 is 0. The summed E-state index contributed by atoms with van der Waals surface area (Å²) in [5.41, 5.74) is 3.54. The SMILES string of the molecule is O=C(c1ccccc1-c1ccc(C(F)(F)F)cc1)N(CCCCN(C(=O)c1ccccc1-c1ccc(C(F)(F)F)cc1)C1CCN(CCCCC2(C(=O)NCC(F)(F)F)c3ccccc3-c3ccccc32)CC1)C1CCN(CCCCC2(C(=O)NCC(F)(F)F)c3ccccc3-c3ccccc32)CC1. The maximum Gasteiger partial charge on any atom is 0.416 e. The summed E-state index contributed by atoms with van der Waals surface area (Å²) in [6, 6.07) is 51.3. The molecule has 10 nitrogen and oxygen atoms in total. The summed E-state index contributed by atoms with van der Waals surface area (Å²) in [5.74, 6) is -2.12. The number of likely N-dealkylation sites (tertiary alicyclic amines) is 2. The molecule has 8 aromatic carbocycles. The van der Waals surface area contributed by atoms with Crippen molar-refractivity contribution in [2.45, 2.75) is 125 Å². The normalized spacial score (nSPS) is 16.1. The molecule has 2 saturated heterocycles. The lowest BCUT2D eigenvalue weighted by molar-refractivity contribution is -0.141. The van der Waals surface area contributed by atoms with Crippen LogP contribution in [0.3, 0.4) is 0 Å². The predicted molar refractivity (Wildman–Crippen MR) is 375 cm³/mol. The van der Waals surface area contributed by atoms with E-state index < -0.39 is 71.6 Å². The number of unbranched alkanes of at least 4 members (excludes halogenated alkanes) is 3. The monoisotopic (exact) mass is 1440 g/mol. The molecule has 8 aromatic rings. The molecule has 12 rings (SSSR count). The zero-order valence-electron chi connectivity index (χ0n) is 57.1. The molecule has 0 saturated carbocycles. The van der Waals surface area contributed by atoms with Crippen LogP contribution in [0.2, 0.25) is 0 Å². The van der Waals surface area contributed by atoms with Crippen LogP contribution in [0, 0.1) is 0 Å². The first-order valence-electron chi connectivity index (χ1n) is 35.4. The molecule has 104 heavy (non-hydrogen) atoms. The first kappa shape index (κ1) is 74.4. The van der Waals surface area contributed by atoms with E-state index in [1.165, 1.54) is 24.3 Å². The summed E-state index contributed by atoms with van der Waals surface area (Å²) in [7, 11) is 0. The average molecular weight is 1440 g/mol. The lowest BCUT2D eigenvalue weighted by Gasteiger charge is -2.40. The highest BCUT2D eigenvalue weighted by molar-refractivity contribution is 6.04. The van der Waals surface area contributed by atoms with Crippen molar-refractivity contribution in [1.82, 2.24) is 30.2 Å². The Bertz CT molecular complexity index is 3980. The highest BCUT2D eigenvalue weighted by Crippen LogP contribution is 2.54. The fourth-order valence-electron chi connectivity index (χ4n) is 16.2. The fourth-order valence-corrected chi connectivity index (χ4v) is 16.2. The summed E-state index contributed by atoms with van der Waals surface area (Å²) in [4.78, 5) is 67.4. The molecule has 2 heterocycles. The van der Waals surface area contributed by atoms with Crippen LogP contribution < -0.4 is 10.6 Å². The molecule has 4 amide bonds. The first-order valence-corrected chi connectivity index (χ1v) is 35.4. The van der Waals surface area contributed by atoms with Gasteiger partial charge in [-0.25, -0.2) is 0 Å². The minimum atomic E-state index is -4.63. The van der Waals surface area contributed by atoms with Crippen molar-refractivity contribution in [3.8, 4) is 44.5 Å². The molecule has 546 valence electrons. The van der Waals surface area contributed by atoms with E-state index in [0.717, 1.165) is 46.5 Å². The number of nitrogens with zero attached hydrogens (tertiary/aromatic N) is 4. The second-order valence-electron chi connectivity index (χ2n) is 27.6. The van der Waals surface area contributed by atoms with Gasteiger partial charge in [-0.15, -0.1) is 0 Å². The van der Waals surface area contributed by atoms with Crippen molar-refractivity contribution in [3.05, 3.63) is 239 Å². The van der Waals surface area contributed by atoms with Crippen LogP contribution in [0.1, 0.15) is 131 Å². The molecule has 0 spiro atoms. The van der Waals surface area contributed by atoms with E-state index in [4.69, 9.17) is 0 Å². The minimum Gasteiger partial charge on any atom is -0.346 e. The Kier molecular flexibility index (Phi) is 22.3. The number of amides is 4. The van der Waals surface area contributed by atoms with E-state index in [9.17, 15) is 62.3 Å². The number of halogens is 12. The number of hydrogen-bond donors (Lipinski definition) is 2. The van der Waals surface area contributed by atoms with Crippen molar-refractivity contribution < 1.29 is 71.9 Å². The number of carbonyl (C=O) groups is 4. The predicted octanol–water partition coefficient (Wildman–Crippen LogP) is 18.0. The number of piperidine rings is 2. The van der Waals surface area contributed by atoms with Gasteiger partial charge in [-0.1, -0.05) is 171 Å². The largest absolute Gasteiger partial charge is 0.416 e. The van der Waals surface area contributed by atoms with Crippen LogP contribution in [-0.4, -0.2) is 133 Å². The third-order valence-corrected chi connectivity index (χ3v) is 21.3. The van der Waals surface area contributed by atoms with E-state index in [0.29, 0.717) is 148 Å². The number of hydrogen-bond acceptors (Lipinski definition) is 6. The number of carbonyl (C=O) groups excluding carboxylic acids is 4. The maximum absolute atomic E-state index is 15.4. The topological polar surface area (TPSA) is 105 Å². The number of rotatable bonds is 25. The van der Waals surface area contributed by atoms with E-state index in [1.807, 2.05) is 58.3 Å². The minimum absolute atomic E-state index is 0.220. The lowest BCUT2D eigenvalue weighted by atomic mass is 9.73. The Morgan fingerprint density at radius 3 is 0.952 bits per heavy atom. The quantitative estimate of drug-likeness (QED) is 0.0436. The molecule has 0 bridgehead atoms. The zero-order valence-corrected chi connectivity index (χ0v) is 57.1. The maximum atomic E-state index is 15.4. The summed E-state index contributed by atoms with van der Waals surface area (Å²) < 4.78 is 165. The highest BCUT2D eigenvalue weighted by Gasteiger charge is 2.51. The third-order valence-electron chi connectivity index (χ3n) is 21.3. The van der Waals surface area contributed by atoms with Crippen molar-refractivity contribution in [2.75, 3.05) is 65.4 Å². The smallest absolute Gasteiger partial charge is 0.346 e. The summed E-state index contributed by atoms with van der Waals surface area (Å²) in [6.45, 7) is 0.900. The van der Waals surface area contributed by atoms with Gasteiger partial charge in [0.15, 0.2) is 0 Å². The van der Waals surface area contributed by atoms with Crippen LogP contribution in [0.25, 0.3) is 44.5 Å². The van der Waals surface area contributed by atoms with Crippen LogP contribution in [0.4, 0.5) is 52.7 Å². The Morgan fingerprint density at radius 2 is 0.654 bits per heavy atom. The standard InChI is InChI=1S/C82H80F12N6O4/c83-79(84,85)53-95-75(103)77(69-27-9-5-21-63(69)64-22-6-10-28-70(64)77)43-13-15-45-97-49-39-59(40-50-97)99(73(101)67-25-3-1-19-61(67)55-31-35-57(36-32-55)81(89,90)91)47-17-18-48-100(74(102)68-26-4-2-20-62(68)56-33-37-58(38-34-56)82(92,93)94)60-41-51-98(52-42-60)46-16-14-44-78(76(104)96-54-80(86,87)88)71-29-11-7-23-65(71)66-24-8-12-30-72(66)78/h1-12,19-38,59-60H,13-18,39-54H2,(H,95,103)(H,96,104). The van der Waals surface area contributed by atoms with Crippen LogP contribution in [0.15, 0.2) is 194 Å². The van der Waals surface area contributed by atoms with Crippen molar-refractivity contribution in [1.29, 1.82) is 0 Å². The van der Waals surface area contributed by atoms with Crippen LogP contribution in [0.5, 0.6) is 0 Å². The molecule has 0 radical (unpaired) electrons. The molecule has 2 aliphatic carbocycles. The molecule has 4 aliphatic rings. The molecule has 0 atom stereocenters. The average Bonchev–Trinajstić information content (AvgIpc) is 1.56. The Labute approximate surface area is 596 Å². The number of fused-ring (bicyclic) bond motifs is 6. The van der Waals surface area contributed by atoms with Gasteiger partial charge in [-0.05, 0) is 180 Å². The fraction of sp³-hybridized carbons (Fsp3) is 0.366. The molecule has 0 aromatic heterocycles. The third kappa shape index (κ3) is 16.2. The molecule has 22 heteroatoms. The lowest BCUT2D eigenvalue weighted by Crippen LogP contribution is -2.49. The van der Waals surface area contributed by atoms with Crippen LogP contribution >= 0.6 is 0 Å². The summed E-state index contributed by atoms with van der Waals surface area (Å²) in [6.07, 6.45) is -12.9. The summed E-state index contributed by atoms with van der Waals surface area (Å²) in [5, 5.41) is 4.41. The van der Waals surface area contributed by atoms with Crippen molar-refractivity contribution >= 4 is 23.6 Å². The van der Waals surface area contributed by atoms with Gasteiger partial charge >= 0.3 is 24.7 Å². The first-order chi connectivity index (χ1) is 49.7. The highest BCUT2D eigenvalue weighted by atomic mass is 19.4. The molecular weight excluding hydrogens is 1360 g/mol. The van der Waals surface area contributed by atoms with E-state index in [2.05, 4.69) is 20.4 Å². The molecule has 2 N–H and O–H groups in total. The van der Waals surface area contributed by atoms with Crippen molar-refractivity contribution in [3.63, 3.8) is 0 Å². The van der Waals surface area contributed by atoms with E-state index in [-0.39, 0.29) is 61.0 Å². The second kappa shape index (κ2) is 31.2. The van der Waals surface area contributed by atoms with E-state index in [1.54, 1.807) is 97.1 Å². The van der Waals surface area contributed by atoms with Gasteiger partial charge in [-0.2, -0.15) is 52.7 Å². The van der Waals surface area contributed by atoms with Gasteiger partial charge in [0.05, 0.1) is 11.1 Å². The van der Waals surface area contributed by atoms with Gasteiger partial charge in [-0.3, -0.25) is 19.2 Å². The number of nitrogens with one attached hydrogen (secondary N) is 2. The van der Waals surface area contributed by atoms with Crippen LogP contribution in [-0.2, 0) is 32.8 Å². The van der Waals surface area contributed by atoms with Crippen molar-refractivity contribution in [2.24, 2.45) is 0 Å². The molecular formula is C82H80F12N6O4. The number of benzene rings is 8. The Morgan fingerprint density at radius 1 is 0.365 bits per heavy atom. The van der Waals surface area contributed by atoms with Gasteiger partial charge in [0.25, 0.3) is 11.8 Å². The molecule has 2 fully saturated rings. The van der Waals surface area contributed by atoms with Gasteiger partial charge < -0.3 is 30.2 Å². The van der Waals surface area contributed by atoms with Gasteiger partial charge in [0, 0.05) is 62.5 Å².